The van der Waals surface area contributed by atoms with Gasteiger partial charge < -0.3 is 9.47 Å². The average molecular weight is 417 g/mol. The number of esters is 1. The smallest absolute Gasteiger partial charge is 0.411 e. The molecule has 0 bridgehead atoms. The van der Waals surface area contributed by atoms with Crippen molar-refractivity contribution < 1.29 is 19.1 Å². The largest absolute Gasteiger partial charge is 0.467 e. The highest BCUT2D eigenvalue weighted by Gasteiger charge is 2.42. The number of methoxy groups -OCH3 is 1. The fraction of sp³-hybridized carbons (Fsp3) is 0.562. The van der Waals surface area contributed by atoms with Gasteiger partial charge >= 0.3 is 12.1 Å². The second-order valence-corrected chi connectivity index (χ2v) is 8.58. The number of aromatic nitrogens is 1. The third-order valence-corrected chi connectivity index (χ3v) is 4.93. The maximum absolute atomic E-state index is 12.4. The van der Waals surface area contributed by atoms with Crippen LogP contribution < -0.4 is 0 Å². The van der Waals surface area contributed by atoms with Crippen LogP contribution in [0.1, 0.15) is 27.2 Å². The first-order chi connectivity index (χ1) is 11.2. The molecule has 24 heavy (non-hydrogen) atoms. The first-order valence-electron chi connectivity index (χ1n) is 7.56. The molecule has 1 aromatic rings. The summed E-state index contributed by atoms with van der Waals surface area (Å²) in [4.78, 5) is 30.3. The van der Waals surface area contributed by atoms with E-state index in [9.17, 15) is 9.59 Å². The number of halogens is 1. The zero-order valence-electron chi connectivity index (χ0n) is 14.1. The van der Waals surface area contributed by atoms with Crippen LogP contribution in [-0.4, -0.2) is 52.5 Å². The number of amides is 1. The minimum Gasteiger partial charge on any atom is -0.467 e. The zero-order chi connectivity index (χ0) is 17.9. The van der Waals surface area contributed by atoms with Gasteiger partial charge in [0.1, 0.15) is 16.2 Å². The van der Waals surface area contributed by atoms with Gasteiger partial charge in [-0.3, -0.25) is 4.90 Å². The molecule has 0 unspecified atom stereocenters. The molecule has 2 atom stereocenters. The predicted molar refractivity (Wildman–Crippen MR) is 94.9 cm³/mol. The second-order valence-electron chi connectivity index (χ2n) is 6.45. The quantitative estimate of drug-likeness (QED) is 0.554. The van der Waals surface area contributed by atoms with Crippen LogP contribution in [0.4, 0.5) is 4.79 Å². The summed E-state index contributed by atoms with van der Waals surface area (Å²) in [5.41, 5.74) is -0.616. The van der Waals surface area contributed by atoms with Crippen LogP contribution in [0, 0.1) is 0 Å². The molecule has 1 saturated heterocycles. The van der Waals surface area contributed by atoms with Crippen LogP contribution in [0.2, 0.25) is 0 Å². The third-order valence-electron chi connectivity index (χ3n) is 3.34. The van der Waals surface area contributed by atoms with Crippen LogP contribution in [0.3, 0.4) is 0 Å². The Morgan fingerprint density at radius 3 is 2.67 bits per heavy atom. The van der Waals surface area contributed by atoms with Gasteiger partial charge in [0.15, 0.2) is 0 Å². The summed E-state index contributed by atoms with van der Waals surface area (Å²) < 4.78 is 11.0. The molecule has 0 aromatic carbocycles. The van der Waals surface area contributed by atoms with Crippen LogP contribution in [0.5, 0.6) is 0 Å². The highest BCUT2D eigenvalue weighted by molar-refractivity contribution is 9.10. The number of pyridine rings is 1. The standard InChI is InChI=1S/C16H21BrN2O4S/c1-16(2,3)23-15(21)19-9-10(8-11(19)14(20)22-4)24-13-7-5-6-12(17)18-13/h5-7,10-11H,8-9H2,1-4H3/t10-,11-/m0/s1. The third kappa shape index (κ3) is 5.11. The Labute approximate surface area is 154 Å². The van der Waals surface area contributed by atoms with Crippen LogP contribution >= 0.6 is 27.7 Å². The molecule has 0 saturated carbocycles. The molecule has 0 spiro atoms. The Bertz CT molecular complexity index is 620. The zero-order valence-corrected chi connectivity index (χ0v) is 16.5. The molecule has 132 valence electrons. The normalized spacial score (nSPS) is 20.8. The van der Waals surface area contributed by atoms with Gasteiger partial charge in [-0.1, -0.05) is 6.07 Å². The Morgan fingerprint density at radius 2 is 2.08 bits per heavy atom. The van der Waals surface area contributed by atoms with Crippen LogP contribution in [-0.2, 0) is 14.3 Å². The van der Waals surface area contributed by atoms with Gasteiger partial charge in [-0.15, -0.1) is 11.8 Å². The van der Waals surface area contributed by atoms with Crippen molar-refractivity contribution in [3.05, 3.63) is 22.8 Å². The summed E-state index contributed by atoms with van der Waals surface area (Å²) in [6.07, 6.45) is 0.00770. The van der Waals surface area contributed by atoms with Gasteiger partial charge in [-0.05, 0) is 55.3 Å². The fourth-order valence-electron chi connectivity index (χ4n) is 2.39. The number of hydrogen-bond acceptors (Lipinski definition) is 6. The maximum Gasteiger partial charge on any atom is 0.411 e. The fourth-order valence-corrected chi connectivity index (χ4v) is 4.02. The highest BCUT2D eigenvalue weighted by Crippen LogP contribution is 2.33. The number of carbonyl (C=O) groups excluding carboxylic acids is 2. The second kappa shape index (κ2) is 7.74. The van der Waals surface area contributed by atoms with Gasteiger partial charge in [0.2, 0.25) is 0 Å². The molecule has 2 heterocycles. The van der Waals surface area contributed by atoms with E-state index < -0.39 is 23.7 Å². The number of thioether (sulfide) groups is 1. The first kappa shape index (κ1) is 19.1. The molecule has 1 amide bonds. The van der Waals surface area contributed by atoms with Crippen LogP contribution in [0.15, 0.2) is 27.8 Å². The van der Waals surface area contributed by atoms with Gasteiger partial charge in [0.25, 0.3) is 0 Å². The number of hydrogen-bond donors (Lipinski definition) is 0. The van der Waals surface area contributed by atoms with E-state index in [2.05, 4.69) is 20.9 Å². The SMILES string of the molecule is COC(=O)[C@@H]1C[C@H](Sc2cccc(Br)n2)CN1C(=O)OC(C)(C)C. The van der Waals surface area contributed by atoms with Crippen molar-refractivity contribution in [2.75, 3.05) is 13.7 Å². The van der Waals surface area contributed by atoms with E-state index >= 15 is 0 Å². The van der Waals surface area contributed by atoms with Crippen molar-refractivity contribution >= 4 is 39.8 Å². The summed E-state index contributed by atoms with van der Waals surface area (Å²) in [6, 6.07) is 5.02. The summed E-state index contributed by atoms with van der Waals surface area (Å²) in [5.74, 6) is -0.425. The van der Waals surface area contributed by atoms with E-state index in [0.29, 0.717) is 13.0 Å². The van der Waals surface area contributed by atoms with E-state index in [-0.39, 0.29) is 5.25 Å². The molecule has 1 aliphatic heterocycles. The summed E-state index contributed by atoms with van der Waals surface area (Å²) >= 11 is 4.88. The lowest BCUT2D eigenvalue weighted by Crippen LogP contribution is -2.43. The number of ether oxygens (including phenoxy) is 2. The maximum atomic E-state index is 12.4. The molecule has 8 heteroatoms. The molecule has 2 rings (SSSR count). The summed E-state index contributed by atoms with van der Waals surface area (Å²) in [6.45, 7) is 5.80. The molecular weight excluding hydrogens is 396 g/mol. The van der Waals surface area contributed by atoms with Gasteiger partial charge in [0, 0.05) is 11.8 Å². The molecule has 0 radical (unpaired) electrons. The van der Waals surface area contributed by atoms with E-state index in [1.807, 2.05) is 18.2 Å². The van der Waals surface area contributed by atoms with Gasteiger partial charge in [-0.25, -0.2) is 14.6 Å². The molecule has 0 N–H and O–H groups in total. The number of likely N-dealkylation sites (tertiary alicyclic amines) is 1. The molecular formula is C16H21BrN2O4S. The molecule has 6 nitrogen and oxygen atoms in total. The van der Waals surface area contributed by atoms with Crippen molar-refractivity contribution in [2.24, 2.45) is 0 Å². The minimum absolute atomic E-state index is 0.0448. The monoisotopic (exact) mass is 416 g/mol. The van der Waals surface area contributed by atoms with Crippen molar-refractivity contribution in [3.8, 4) is 0 Å². The molecule has 1 aliphatic rings. The lowest BCUT2D eigenvalue weighted by Gasteiger charge is -2.27. The molecule has 1 fully saturated rings. The Hall–Kier alpha value is -1.28. The molecule has 1 aromatic heterocycles. The predicted octanol–water partition coefficient (Wildman–Crippen LogP) is 3.49. The van der Waals surface area contributed by atoms with Crippen molar-refractivity contribution in [1.29, 1.82) is 0 Å². The minimum atomic E-state index is -0.630. The van der Waals surface area contributed by atoms with E-state index in [0.717, 1.165) is 9.63 Å². The Morgan fingerprint density at radius 1 is 1.38 bits per heavy atom. The van der Waals surface area contributed by atoms with E-state index in [4.69, 9.17) is 9.47 Å². The number of nitrogens with zero attached hydrogens (tertiary/aromatic N) is 2. The van der Waals surface area contributed by atoms with Crippen LogP contribution in [0.25, 0.3) is 0 Å². The summed E-state index contributed by atoms with van der Waals surface area (Å²) in [7, 11) is 1.33. The highest BCUT2D eigenvalue weighted by atomic mass is 79.9. The van der Waals surface area contributed by atoms with Gasteiger partial charge in [-0.2, -0.15) is 0 Å². The lowest BCUT2D eigenvalue weighted by molar-refractivity contribution is -0.145. The van der Waals surface area contributed by atoms with Crippen molar-refractivity contribution in [3.63, 3.8) is 0 Å². The average Bonchev–Trinajstić information content (AvgIpc) is 2.88. The topological polar surface area (TPSA) is 68.7 Å². The van der Waals surface area contributed by atoms with E-state index in [1.165, 1.54) is 23.8 Å². The Balaban J connectivity index is 2.11. The number of rotatable bonds is 3. The molecule has 0 aliphatic carbocycles. The van der Waals surface area contributed by atoms with Gasteiger partial charge in [0.05, 0.1) is 12.1 Å². The van der Waals surface area contributed by atoms with E-state index in [1.54, 1.807) is 20.8 Å². The lowest BCUT2D eigenvalue weighted by atomic mass is 10.2. The first-order valence-corrected chi connectivity index (χ1v) is 9.23. The number of carbonyl (C=O) groups is 2. The van der Waals surface area contributed by atoms with Crippen molar-refractivity contribution in [2.45, 2.75) is 49.1 Å². The van der Waals surface area contributed by atoms with Crippen molar-refractivity contribution in [1.82, 2.24) is 9.88 Å². The Kier molecular flexibility index (Phi) is 6.14. The summed E-state index contributed by atoms with van der Waals surface area (Å²) in [5, 5.41) is 0.882.